The van der Waals surface area contributed by atoms with Crippen LogP contribution in [0, 0.1) is 0 Å². The lowest BCUT2D eigenvalue weighted by Gasteiger charge is -2.16. The van der Waals surface area contributed by atoms with Crippen LogP contribution in [-0.2, 0) is 29.4 Å². The minimum absolute atomic E-state index is 0.452. The molecule has 0 saturated carbocycles. The van der Waals surface area contributed by atoms with Gasteiger partial charge >= 0.3 is 0 Å². The van der Waals surface area contributed by atoms with Gasteiger partial charge in [-0.05, 0) is 39.7 Å². The van der Waals surface area contributed by atoms with Crippen LogP contribution in [0.4, 0.5) is 0 Å². The molecular weight excluding hydrogens is 420 g/mol. The summed E-state index contributed by atoms with van der Waals surface area (Å²) in [5, 5.41) is 0. The average Bonchev–Trinajstić information content (AvgIpc) is 2.98. The average molecular weight is 447 g/mol. The van der Waals surface area contributed by atoms with Crippen molar-refractivity contribution >= 4 is 35.0 Å². The van der Waals surface area contributed by atoms with Crippen molar-refractivity contribution < 1.29 is 9.47 Å². The van der Waals surface area contributed by atoms with E-state index in [1.54, 1.807) is 0 Å². The summed E-state index contributed by atoms with van der Waals surface area (Å²) in [6.45, 7) is 9.40. The minimum atomic E-state index is -1.10. The molecule has 4 nitrogen and oxygen atoms in total. The molecule has 0 aliphatic rings. The number of aromatic nitrogens is 2. The number of hydrogen-bond acceptors (Lipinski definition) is 3. The molecule has 2 aromatic carbocycles. The number of nitrogens with zero attached hydrogens (tertiary/aromatic N) is 2. The Kier molecular flexibility index (Phi) is 6.87. The molecule has 0 unspecified atom stereocenters. The van der Waals surface area contributed by atoms with E-state index < -0.39 is 8.07 Å². The quantitative estimate of drug-likeness (QED) is 0.306. The summed E-state index contributed by atoms with van der Waals surface area (Å²) < 4.78 is 15.0. The molecule has 0 atom stereocenters. The van der Waals surface area contributed by atoms with E-state index >= 15 is 0 Å². The van der Waals surface area contributed by atoms with Crippen molar-refractivity contribution in [1.29, 1.82) is 0 Å². The highest BCUT2D eigenvalue weighted by Crippen LogP contribution is 2.25. The van der Waals surface area contributed by atoms with E-state index in [1.807, 2.05) is 30.3 Å². The smallest absolute Gasteiger partial charge is 0.137 e. The maximum atomic E-state index is 5.99. The van der Waals surface area contributed by atoms with Crippen LogP contribution in [-0.4, -0.2) is 24.2 Å². The number of fused-ring (bicyclic) bond motifs is 1. The van der Waals surface area contributed by atoms with E-state index in [-0.39, 0.29) is 0 Å². The minimum Gasteiger partial charge on any atom is -0.369 e. The molecule has 0 bridgehead atoms. The first-order valence-electron chi connectivity index (χ1n) is 9.27. The van der Waals surface area contributed by atoms with Crippen molar-refractivity contribution in [2.45, 2.75) is 45.6 Å². The van der Waals surface area contributed by atoms with Gasteiger partial charge in [-0.15, -0.1) is 0 Å². The van der Waals surface area contributed by atoms with Crippen LogP contribution in [0.3, 0.4) is 0 Å². The second-order valence-corrected chi connectivity index (χ2v) is 14.4. The molecule has 6 heteroatoms. The zero-order chi connectivity index (χ0) is 19.3. The van der Waals surface area contributed by atoms with Gasteiger partial charge < -0.3 is 14.0 Å². The fraction of sp³-hybridized carbons (Fsp3) is 0.381. The van der Waals surface area contributed by atoms with Crippen molar-refractivity contribution in [3.05, 3.63) is 64.4 Å². The van der Waals surface area contributed by atoms with Crippen molar-refractivity contribution in [3.8, 4) is 0 Å². The van der Waals surface area contributed by atoms with Gasteiger partial charge in [-0.1, -0.05) is 56.0 Å². The molecule has 0 radical (unpaired) electrons. The van der Waals surface area contributed by atoms with Gasteiger partial charge in [0, 0.05) is 19.2 Å². The number of rotatable bonds is 9. The van der Waals surface area contributed by atoms with Crippen LogP contribution in [0.5, 0.6) is 0 Å². The van der Waals surface area contributed by atoms with Crippen molar-refractivity contribution in [3.63, 3.8) is 0 Å². The van der Waals surface area contributed by atoms with Crippen molar-refractivity contribution in [1.82, 2.24) is 9.55 Å². The Morgan fingerprint density at radius 3 is 2.48 bits per heavy atom. The van der Waals surface area contributed by atoms with Crippen molar-refractivity contribution in [2.75, 3.05) is 6.61 Å². The molecule has 0 aliphatic heterocycles. The molecule has 1 heterocycles. The molecule has 3 aromatic rings. The van der Waals surface area contributed by atoms with Gasteiger partial charge in [0.15, 0.2) is 0 Å². The Hall–Kier alpha value is -1.47. The Labute approximate surface area is 170 Å². The fourth-order valence-electron chi connectivity index (χ4n) is 2.78. The number of imidazole rings is 1. The van der Waals surface area contributed by atoms with Gasteiger partial charge in [0.2, 0.25) is 0 Å². The highest BCUT2D eigenvalue weighted by atomic mass is 79.9. The van der Waals surface area contributed by atoms with E-state index in [0.29, 0.717) is 19.9 Å². The standard InChI is InChI=1S/C21H27BrN2O2Si/c1-27(2,3)13-12-25-16-24-19-11-7-10-18(22)21(19)23-20(24)15-26-14-17-8-5-4-6-9-17/h4-11H,12-16H2,1-3H3. The van der Waals surface area contributed by atoms with Crippen LogP contribution in [0.2, 0.25) is 25.7 Å². The lowest BCUT2D eigenvalue weighted by atomic mass is 10.2. The van der Waals surface area contributed by atoms with Gasteiger partial charge in [-0.3, -0.25) is 0 Å². The Bertz CT molecular complexity index is 875. The van der Waals surface area contributed by atoms with Gasteiger partial charge in [0.25, 0.3) is 0 Å². The number of hydrogen-bond donors (Lipinski definition) is 0. The molecule has 0 amide bonds. The normalized spacial score (nSPS) is 12.0. The monoisotopic (exact) mass is 446 g/mol. The maximum Gasteiger partial charge on any atom is 0.137 e. The summed E-state index contributed by atoms with van der Waals surface area (Å²) >= 11 is 3.61. The van der Waals surface area contributed by atoms with E-state index in [2.05, 4.69) is 58.3 Å². The van der Waals surface area contributed by atoms with Crippen LogP contribution < -0.4 is 0 Å². The van der Waals surface area contributed by atoms with Crippen molar-refractivity contribution in [2.24, 2.45) is 0 Å². The van der Waals surface area contributed by atoms with E-state index in [1.165, 1.54) is 0 Å². The van der Waals surface area contributed by atoms with E-state index in [4.69, 9.17) is 14.5 Å². The third kappa shape index (κ3) is 5.75. The largest absolute Gasteiger partial charge is 0.369 e. The lowest BCUT2D eigenvalue weighted by Crippen LogP contribution is -2.22. The molecule has 0 saturated heterocycles. The van der Waals surface area contributed by atoms with Gasteiger partial charge in [-0.25, -0.2) is 4.98 Å². The molecule has 144 valence electrons. The Morgan fingerprint density at radius 1 is 0.963 bits per heavy atom. The second-order valence-electron chi connectivity index (χ2n) is 7.89. The highest BCUT2D eigenvalue weighted by molar-refractivity contribution is 9.10. The molecule has 0 spiro atoms. The first-order chi connectivity index (χ1) is 12.9. The Balaban J connectivity index is 1.71. The first kappa shape index (κ1) is 20.3. The summed E-state index contributed by atoms with van der Waals surface area (Å²) in [6, 6.07) is 17.5. The third-order valence-corrected chi connectivity index (χ3v) is 6.71. The number of para-hydroxylation sites is 1. The molecule has 0 fully saturated rings. The van der Waals surface area contributed by atoms with Crippen LogP contribution in [0.1, 0.15) is 11.4 Å². The maximum absolute atomic E-state index is 5.99. The predicted octanol–water partition coefficient (Wildman–Crippen LogP) is 5.83. The Morgan fingerprint density at radius 2 is 1.74 bits per heavy atom. The summed E-state index contributed by atoms with van der Waals surface area (Å²) in [7, 11) is -1.10. The summed E-state index contributed by atoms with van der Waals surface area (Å²) in [4.78, 5) is 4.79. The summed E-state index contributed by atoms with van der Waals surface area (Å²) in [5.74, 6) is 0.890. The summed E-state index contributed by atoms with van der Waals surface area (Å²) in [6.07, 6.45) is 0. The zero-order valence-corrected chi connectivity index (χ0v) is 18.8. The molecule has 27 heavy (non-hydrogen) atoms. The molecule has 3 rings (SSSR count). The van der Waals surface area contributed by atoms with Crippen LogP contribution >= 0.6 is 15.9 Å². The topological polar surface area (TPSA) is 36.3 Å². The number of ether oxygens (including phenoxy) is 2. The van der Waals surface area contributed by atoms with Gasteiger partial charge in [-0.2, -0.15) is 0 Å². The molecule has 0 aliphatic carbocycles. The number of halogens is 1. The first-order valence-corrected chi connectivity index (χ1v) is 13.8. The molecular formula is C21H27BrN2O2Si. The van der Waals surface area contributed by atoms with Crippen LogP contribution in [0.25, 0.3) is 11.0 Å². The van der Waals surface area contributed by atoms with E-state index in [0.717, 1.165) is 39.5 Å². The highest BCUT2D eigenvalue weighted by Gasteiger charge is 2.15. The number of benzene rings is 2. The lowest BCUT2D eigenvalue weighted by molar-refractivity contribution is 0.0695. The molecule has 1 aromatic heterocycles. The second kappa shape index (κ2) is 9.15. The predicted molar refractivity (Wildman–Crippen MR) is 116 cm³/mol. The third-order valence-electron chi connectivity index (χ3n) is 4.37. The fourth-order valence-corrected chi connectivity index (χ4v) is 3.98. The molecule has 0 N–H and O–H groups in total. The SMILES string of the molecule is C[Si](C)(C)CCOCn1c(COCc2ccccc2)nc2c(Br)cccc21. The summed E-state index contributed by atoms with van der Waals surface area (Å²) in [5.41, 5.74) is 3.17. The van der Waals surface area contributed by atoms with E-state index in [9.17, 15) is 0 Å². The van der Waals surface area contributed by atoms with Crippen LogP contribution in [0.15, 0.2) is 53.0 Å². The van der Waals surface area contributed by atoms with Gasteiger partial charge in [0.1, 0.15) is 24.7 Å². The van der Waals surface area contributed by atoms with Gasteiger partial charge in [0.05, 0.1) is 12.1 Å². The zero-order valence-electron chi connectivity index (χ0n) is 16.2.